The van der Waals surface area contributed by atoms with Crippen LogP contribution in [-0.2, 0) is 28.7 Å². The summed E-state index contributed by atoms with van der Waals surface area (Å²) in [6.07, 6.45) is 0.168. The number of tetrazole rings is 1. The van der Waals surface area contributed by atoms with Gasteiger partial charge < -0.3 is 4.90 Å². The monoisotopic (exact) mass is 573 g/mol. The number of fused-ring (bicyclic) bond motifs is 3. The lowest BCUT2D eigenvalue weighted by molar-refractivity contribution is -0.228. The molecule has 0 bridgehead atoms. The number of carbonyl (C=O) groups excluding carboxylic acids is 1. The molecular weight excluding hydrogens is 541 g/mol. The summed E-state index contributed by atoms with van der Waals surface area (Å²) >= 11 is 0. The van der Waals surface area contributed by atoms with E-state index in [4.69, 9.17) is 0 Å². The van der Waals surface area contributed by atoms with Crippen LogP contribution in [0.5, 0.6) is 0 Å². The van der Waals surface area contributed by atoms with E-state index < -0.39 is 22.8 Å². The van der Waals surface area contributed by atoms with Crippen molar-refractivity contribution < 1.29 is 26.7 Å². The van der Waals surface area contributed by atoms with Gasteiger partial charge in [-0.15, -0.1) is 5.10 Å². The second-order valence-electron chi connectivity index (χ2n) is 12.0. The Morgan fingerprint density at radius 3 is 2.44 bits per heavy atom. The minimum absolute atomic E-state index is 0.110. The molecule has 6 rings (SSSR count). The van der Waals surface area contributed by atoms with Crippen LogP contribution in [0.4, 0.5) is 22.0 Å². The van der Waals surface area contributed by atoms with Crippen LogP contribution in [0.15, 0.2) is 42.5 Å². The first-order valence-electron chi connectivity index (χ1n) is 14.2. The van der Waals surface area contributed by atoms with Gasteiger partial charge in [-0.05, 0) is 103 Å². The Kier molecular flexibility index (Phi) is 6.89. The SMILES string of the molecule is CC(F)(c1ccc2c(c1)CC[C@H]1N(C(=O)[C@H]3CC[C@H](c4nnn[nH]4)CC3)CC[C@@]21Cc1ccc(F)cc1)C(F)(F)F. The highest BCUT2D eigenvalue weighted by Gasteiger charge is 2.56. The molecule has 1 unspecified atom stereocenters. The number of aryl methyl sites for hydroxylation is 1. The summed E-state index contributed by atoms with van der Waals surface area (Å²) < 4.78 is 69.2. The van der Waals surface area contributed by atoms with E-state index in [1.807, 2.05) is 4.90 Å². The minimum Gasteiger partial charge on any atom is -0.339 e. The number of hydrogen-bond donors (Lipinski definition) is 1. The number of halogens is 5. The zero-order chi connectivity index (χ0) is 29.0. The second-order valence-corrected chi connectivity index (χ2v) is 12.0. The van der Waals surface area contributed by atoms with Crippen LogP contribution in [0, 0.1) is 11.7 Å². The van der Waals surface area contributed by atoms with Crippen LogP contribution in [-0.4, -0.2) is 50.2 Å². The van der Waals surface area contributed by atoms with Crippen molar-refractivity contribution in [3.8, 4) is 0 Å². The van der Waals surface area contributed by atoms with Gasteiger partial charge in [0.1, 0.15) is 5.82 Å². The predicted molar refractivity (Wildman–Crippen MR) is 140 cm³/mol. The lowest BCUT2D eigenvalue weighted by Crippen LogP contribution is -2.50. The third kappa shape index (κ3) is 4.80. The average molecular weight is 574 g/mol. The molecule has 2 aliphatic carbocycles. The Bertz CT molecular complexity index is 1400. The van der Waals surface area contributed by atoms with Gasteiger partial charge in [-0.3, -0.25) is 4.79 Å². The van der Waals surface area contributed by atoms with Crippen molar-refractivity contribution in [2.24, 2.45) is 5.92 Å². The summed E-state index contributed by atoms with van der Waals surface area (Å²) in [6, 6.07) is 10.3. The van der Waals surface area contributed by atoms with Gasteiger partial charge in [0.15, 0.2) is 5.82 Å². The Labute approximate surface area is 234 Å². The van der Waals surface area contributed by atoms with Crippen molar-refractivity contribution in [2.45, 2.75) is 87.5 Å². The fourth-order valence-electron chi connectivity index (χ4n) is 7.44. The molecule has 0 spiro atoms. The molecule has 2 heterocycles. The number of rotatable bonds is 5. The number of alkyl halides is 4. The number of carbonyl (C=O) groups is 1. The number of benzene rings is 2. The highest BCUT2D eigenvalue weighted by Crippen LogP contribution is 2.51. The maximum absolute atomic E-state index is 14.9. The zero-order valence-corrected chi connectivity index (χ0v) is 22.7. The molecule has 11 heteroatoms. The van der Waals surface area contributed by atoms with E-state index in [9.17, 15) is 26.7 Å². The lowest BCUT2D eigenvalue weighted by atomic mass is 9.63. The van der Waals surface area contributed by atoms with Crippen molar-refractivity contribution >= 4 is 5.91 Å². The number of amides is 1. The maximum atomic E-state index is 14.9. The molecule has 2 fully saturated rings. The van der Waals surface area contributed by atoms with E-state index in [0.29, 0.717) is 44.7 Å². The normalized spacial score (nSPS) is 27.7. The van der Waals surface area contributed by atoms with Gasteiger partial charge in [-0.25, -0.2) is 13.9 Å². The van der Waals surface area contributed by atoms with Crippen LogP contribution in [0.1, 0.15) is 79.4 Å². The third-order valence-electron chi connectivity index (χ3n) is 9.76. The van der Waals surface area contributed by atoms with Gasteiger partial charge >= 0.3 is 6.18 Å². The van der Waals surface area contributed by atoms with Crippen molar-refractivity contribution in [1.82, 2.24) is 25.5 Å². The Hall–Kier alpha value is -3.37. The molecule has 3 atom stereocenters. The number of nitrogens with zero attached hydrogens (tertiary/aromatic N) is 4. The molecule has 1 saturated carbocycles. The number of nitrogens with one attached hydrogen (secondary N) is 1. The molecule has 218 valence electrons. The van der Waals surface area contributed by atoms with Gasteiger partial charge in [-0.2, -0.15) is 13.2 Å². The van der Waals surface area contributed by atoms with E-state index in [1.165, 1.54) is 24.3 Å². The summed E-state index contributed by atoms with van der Waals surface area (Å²) in [6.45, 7) is 1.08. The van der Waals surface area contributed by atoms with Crippen LogP contribution < -0.4 is 0 Å². The Morgan fingerprint density at radius 2 is 1.78 bits per heavy atom. The summed E-state index contributed by atoms with van der Waals surface area (Å²) in [5.74, 6) is 0.573. The molecule has 1 aromatic heterocycles. The molecule has 3 aromatic rings. The Morgan fingerprint density at radius 1 is 1.05 bits per heavy atom. The highest BCUT2D eigenvalue weighted by atomic mass is 19.4. The summed E-state index contributed by atoms with van der Waals surface area (Å²) in [4.78, 5) is 15.9. The van der Waals surface area contributed by atoms with Crippen molar-refractivity contribution in [3.05, 3.63) is 76.4 Å². The van der Waals surface area contributed by atoms with E-state index in [0.717, 1.165) is 42.6 Å². The molecule has 1 aliphatic heterocycles. The molecule has 2 aromatic carbocycles. The number of hydrogen-bond acceptors (Lipinski definition) is 4. The molecule has 6 nitrogen and oxygen atoms in total. The lowest BCUT2D eigenvalue weighted by Gasteiger charge is -2.45. The molecule has 3 aliphatic rings. The van der Waals surface area contributed by atoms with Crippen LogP contribution in [0.3, 0.4) is 0 Å². The maximum Gasteiger partial charge on any atom is 0.426 e. The molecule has 1 N–H and O–H groups in total. The minimum atomic E-state index is -5.04. The highest BCUT2D eigenvalue weighted by molar-refractivity contribution is 5.80. The van der Waals surface area contributed by atoms with Gasteiger partial charge in [0, 0.05) is 29.8 Å². The predicted octanol–water partition coefficient (Wildman–Crippen LogP) is 6.09. The van der Waals surface area contributed by atoms with Gasteiger partial charge in [0.25, 0.3) is 0 Å². The van der Waals surface area contributed by atoms with Crippen LogP contribution >= 0.6 is 0 Å². The number of aromatic amines is 1. The zero-order valence-electron chi connectivity index (χ0n) is 22.7. The second kappa shape index (κ2) is 10.2. The standard InChI is InChI=1S/C30H32F5N5O/c1-28(32,30(33,34)35)22-9-12-24-21(16-22)8-13-25-29(24,17-18-2-10-23(31)11-3-18)14-15-40(25)27(41)20-6-4-19(5-7-20)26-36-38-39-37-26/h2-3,9-12,16,19-20,25H,4-8,13-15,17H2,1H3,(H,36,37,38,39)/t19-,20-,25-,28?,29-/m1/s1. The van der Waals surface area contributed by atoms with Crippen molar-refractivity contribution in [3.63, 3.8) is 0 Å². The Balaban J connectivity index is 1.30. The molecule has 0 radical (unpaired) electrons. The first-order chi connectivity index (χ1) is 19.5. The van der Waals surface area contributed by atoms with E-state index in [-0.39, 0.29) is 29.6 Å². The number of H-pyrrole nitrogens is 1. The summed E-state index contributed by atoms with van der Waals surface area (Å²) in [5.41, 5.74) is -2.02. The fourth-order valence-corrected chi connectivity index (χ4v) is 7.44. The van der Waals surface area contributed by atoms with Gasteiger partial charge in [-0.1, -0.05) is 30.3 Å². The quantitative estimate of drug-likeness (QED) is 0.375. The van der Waals surface area contributed by atoms with Gasteiger partial charge in [0.2, 0.25) is 11.6 Å². The topological polar surface area (TPSA) is 74.8 Å². The van der Waals surface area contributed by atoms with E-state index in [1.54, 1.807) is 18.2 Å². The van der Waals surface area contributed by atoms with Crippen LogP contribution in [0.2, 0.25) is 0 Å². The molecule has 1 saturated heterocycles. The van der Waals surface area contributed by atoms with Crippen LogP contribution in [0.25, 0.3) is 0 Å². The fraction of sp³-hybridized carbons (Fsp3) is 0.533. The molecular formula is C30H32F5N5O. The number of likely N-dealkylation sites (tertiary alicyclic amines) is 1. The van der Waals surface area contributed by atoms with E-state index in [2.05, 4.69) is 20.6 Å². The largest absolute Gasteiger partial charge is 0.426 e. The molecule has 41 heavy (non-hydrogen) atoms. The summed E-state index contributed by atoms with van der Waals surface area (Å²) in [7, 11) is 0. The first-order valence-corrected chi connectivity index (χ1v) is 14.2. The summed E-state index contributed by atoms with van der Waals surface area (Å²) in [5, 5.41) is 14.2. The average Bonchev–Trinajstić information content (AvgIpc) is 3.62. The number of aromatic nitrogens is 4. The van der Waals surface area contributed by atoms with E-state index >= 15 is 0 Å². The van der Waals surface area contributed by atoms with Crippen molar-refractivity contribution in [1.29, 1.82) is 0 Å². The van der Waals surface area contributed by atoms with Gasteiger partial charge in [0.05, 0.1) is 0 Å². The smallest absolute Gasteiger partial charge is 0.339 e. The first kappa shape index (κ1) is 27.8. The molecule has 1 amide bonds. The van der Waals surface area contributed by atoms with Crippen molar-refractivity contribution in [2.75, 3.05) is 6.54 Å². The third-order valence-corrected chi connectivity index (χ3v) is 9.76.